The van der Waals surface area contributed by atoms with E-state index < -0.39 is 54.0 Å². The van der Waals surface area contributed by atoms with Crippen molar-refractivity contribution in [1.29, 1.82) is 0 Å². The van der Waals surface area contributed by atoms with Gasteiger partial charge in [-0.15, -0.1) is 0 Å². The fraction of sp³-hybridized carbons (Fsp3) is 0.306. The largest absolute Gasteiger partial charge is 0.451 e. The summed E-state index contributed by atoms with van der Waals surface area (Å²) in [4.78, 5) is 52.0. The number of benzene rings is 3. The van der Waals surface area contributed by atoms with Gasteiger partial charge in [-0.2, -0.15) is 39.5 Å². The molecular weight excluding hydrogens is 1160 g/mol. The van der Waals surface area contributed by atoms with Gasteiger partial charge in [0.25, 0.3) is 0 Å². The Morgan fingerprint density at radius 1 is 0.432 bits per heavy atom. The van der Waals surface area contributed by atoms with Gasteiger partial charge < -0.3 is 62.1 Å². The average molecular weight is 1200 g/mol. The number of nitrogens with one attached hydrogen (secondary N) is 9. The van der Waals surface area contributed by atoms with Crippen LogP contribution in [0.3, 0.4) is 0 Å². The summed E-state index contributed by atoms with van der Waals surface area (Å²) in [6.07, 6.45) is -9.78. The molecule has 32 heteroatoms. The first-order valence-corrected chi connectivity index (χ1v) is 25.0. The molecule has 3 aliphatic rings. The first-order valence-electron chi connectivity index (χ1n) is 23.9. The second kappa shape index (κ2) is 28.0. The van der Waals surface area contributed by atoms with E-state index in [1.165, 1.54) is 0 Å². The molecule has 3 atom stereocenters. The van der Waals surface area contributed by atoms with E-state index in [1.807, 2.05) is 0 Å². The van der Waals surface area contributed by atoms with E-state index in [4.69, 9.17) is 49.0 Å². The number of aromatic nitrogens is 5. The zero-order valence-electron chi connectivity index (χ0n) is 41.6. The summed E-state index contributed by atoms with van der Waals surface area (Å²) in [6.45, 7) is 6.17. The number of carbonyl (C=O) groups is 3. The van der Waals surface area contributed by atoms with Gasteiger partial charge in [-0.25, -0.2) is 39.3 Å². The lowest BCUT2D eigenvalue weighted by molar-refractivity contribution is -0.145. The number of urea groups is 3. The Kier molecular flexibility index (Phi) is 21.2. The Balaban J connectivity index is 0.000000175. The van der Waals surface area contributed by atoms with Crippen LogP contribution in [0.5, 0.6) is 0 Å². The maximum Gasteiger partial charge on any atom is 0.451 e. The Hall–Kier alpha value is -7.22. The Morgan fingerprint density at radius 3 is 1.01 bits per heavy atom. The number of carbonyl (C=O) groups excluding carboxylic acids is 3. The normalized spacial score (nSPS) is 17.4. The predicted octanol–water partition coefficient (Wildman–Crippen LogP) is 11.0. The second-order valence-electron chi connectivity index (χ2n) is 17.2. The summed E-state index contributed by atoms with van der Waals surface area (Å²) in [7, 11) is 0. The molecule has 6 heterocycles. The quantitative estimate of drug-likeness (QED) is 0.0611. The summed E-state index contributed by atoms with van der Waals surface area (Å²) in [5, 5.41) is 25.2. The van der Waals surface area contributed by atoms with Crippen LogP contribution in [0.2, 0.25) is 15.1 Å². The van der Waals surface area contributed by atoms with Gasteiger partial charge in [-0.3, -0.25) is 0 Å². The maximum absolute atomic E-state index is 12.5. The number of hydrogen-bond donors (Lipinski definition) is 9. The van der Waals surface area contributed by atoms with Crippen molar-refractivity contribution >= 4 is 87.0 Å². The van der Waals surface area contributed by atoms with Crippen LogP contribution in [0.1, 0.15) is 52.3 Å². The molecule has 432 valence electrons. The number of anilines is 6. The molecule has 3 saturated heterocycles. The van der Waals surface area contributed by atoms with Gasteiger partial charge in [0.15, 0.2) is 0 Å². The molecule has 9 rings (SSSR count). The van der Waals surface area contributed by atoms with E-state index in [-0.39, 0.29) is 35.4 Å². The monoisotopic (exact) mass is 1200 g/mol. The van der Waals surface area contributed by atoms with Crippen LogP contribution >= 0.6 is 34.8 Å². The fourth-order valence-corrected chi connectivity index (χ4v) is 8.11. The Labute approximate surface area is 469 Å². The lowest BCUT2D eigenvalue weighted by atomic mass is 10.1. The van der Waals surface area contributed by atoms with Gasteiger partial charge in [0, 0.05) is 39.3 Å². The highest BCUT2D eigenvalue weighted by Gasteiger charge is 2.36. The molecule has 3 fully saturated rings. The smallest absolute Gasteiger partial charge is 0.371 e. The molecule has 9 N–H and O–H groups in total. The summed E-state index contributed by atoms with van der Waals surface area (Å²) >= 11 is 18.6. The number of alkyl halides is 9. The fourth-order valence-electron chi connectivity index (χ4n) is 7.40. The van der Waals surface area contributed by atoms with Crippen molar-refractivity contribution in [3.05, 3.63) is 147 Å². The highest BCUT2D eigenvalue weighted by Crippen LogP contribution is 2.33. The highest BCUT2D eigenvalue weighted by atomic mass is 35.5. The third-order valence-electron chi connectivity index (χ3n) is 11.3. The van der Waals surface area contributed by atoms with E-state index in [0.29, 0.717) is 71.6 Å². The maximum atomic E-state index is 12.5. The number of pyridine rings is 1. The SMILES string of the molecule is O=C(Nc1ccc(C(F)(F)F)nc1)Nc1ccc([C@H]2CNCCO2)cc1Cl.O=C(Nc1cnc(C(F)(F)F)nc1)Nc1ccc([C@@H]2CNCCO2)cc1Cl.O=C(Nc1cnc(C(F)(F)F)nc1)Nc1ccc([C@H]2CNCCO2)cc1Cl. The van der Waals surface area contributed by atoms with Crippen molar-refractivity contribution in [1.82, 2.24) is 40.9 Å². The van der Waals surface area contributed by atoms with Crippen LogP contribution in [0.15, 0.2) is 97.7 Å². The van der Waals surface area contributed by atoms with Crippen LogP contribution < -0.4 is 47.9 Å². The molecule has 3 aliphatic heterocycles. The zero-order chi connectivity index (χ0) is 58.3. The van der Waals surface area contributed by atoms with Crippen molar-refractivity contribution in [2.45, 2.75) is 36.8 Å². The summed E-state index contributed by atoms with van der Waals surface area (Å²) in [6, 6.07) is 15.2. The van der Waals surface area contributed by atoms with Crippen molar-refractivity contribution in [3.8, 4) is 0 Å². The number of hydrogen-bond acceptors (Lipinski definition) is 14. The van der Waals surface area contributed by atoms with Crippen LogP contribution in [0.25, 0.3) is 0 Å². The number of ether oxygens (including phenoxy) is 3. The summed E-state index contributed by atoms with van der Waals surface area (Å²) < 4.78 is 129. The molecule has 0 bridgehead atoms. The molecule has 3 aromatic carbocycles. The standard InChI is InChI=1S/C17H16ClF3N4O2.2C16H15ClF3N5O2/c18-12-7-10(14-9-22-5-6-27-14)1-3-13(12)25-16(26)24-11-2-4-15(23-8-11)17(19,20)21;2*17-11-5-9(13-8-21-3-4-27-13)1-2-12(11)25-15(26)24-10-6-22-14(23-7-10)16(18,19)20/h1-4,7-8,14,22H,5-6,9H2,(H2,24,25,26);2*1-2,5-7,13,21H,3-4,8H2,(H2,24,25,26)/t14-;2*13-/m110/s1. The number of rotatable bonds is 9. The van der Waals surface area contributed by atoms with Gasteiger partial charge in [0.05, 0.1) is 118 Å². The van der Waals surface area contributed by atoms with Crippen LogP contribution in [0.4, 0.5) is 88.0 Å². The third kappa shape index (κ3) is 18.7. The van der Waals surface area contributed by atoms with E-state index in [9.17, 15) is 53.9 Å². The summed E-state index contributed by atoms with van der Waals surface area (Å²) in [5.41, 5.74) is 2.77. The third-order valence-corrected chi connectivity index (χ3v) is 12.2. The van der Waals surface area contributed by atoms with Gasteiger partial charge in [-0.1, -0.05) is 53.0 Å². The molecule has 6 aromatic rings. The molecule has 0 radical (unpaired) electrons. The molecule has 0 spiro atoms. The van der Waals surface area contributed by atoms with E-state index >= 15 is 0 Å². The lowest BCUT2D eigenvalue weighted by Gasteiger charge is -2.24. The number of amides is 6. The molecule has 81 heavy (non-hydrogen) atoms. The van der Waals surface area contributed by atoms with Crippen molar-refractivity contribution in [2.24, 2.45) is 0 Å². The molecule has 0 unspecified atom stereocenters. The minimum atomic E-state index is -4.65. The second-order valence-corrected chi connectivity index (χ2v) is 18.4. The van der Waals surface area contributed by atoms with Gasteiger partial charge in [0.1, 0.15) is 5.69 Å². The van der Waals surface area contributed by atoms with E-state index in [2.05, 4.69) is 72.8 Å². The van der Waals surface area contributed by atoms with Crippen molar-refractivity contribution in [3.63, 3.8) is 0 Å². The zero-order valence-corrected chi connectivity index (χ0v) is 43.8. The van der Waals surface area contributed by atoms with E-state index in [0.717, 1.165) is 79.4 Å². The minimum absolute atomic E-state index is 0.00919. The number of halogens is 12. The van der Waals surface area contributed by atoms with Gasteiger partial charge in [-0.05, 0) is 65.2 Å². The Morgan fingerprint density at radius 2 is 0.753 bits per heavy atom. The van der Waals surface area contributed by atoms with Crippen LogP contribution in [0, 0.1) is 0 Å². The predicted molar refractivity (Wildman–Crippen MR) is 280 cm³/mol. The van der Waals surface area contributed by atoms with Crippen LogP contribution in [-0.4, -0.2) is 102 Å². The van der Waals surface area contributed by atoms with Crippen molar-refractivity contribution < 1.29 is 68.1 Å². The van der Waals surface area contributed by atoms with Crippen molar-refractivity contribution in [2.75, 3.05) is 91.0 Å². The molecule has 3 aromatic heterocycles. The van der Waals surface area contributed by atoms with Crippen LogP contribution in [-0.2, 0) is 32.7 Å². The number of morpholine rings is 3. The first kappa shape index (κ1) is 61.4. The topological polar surface area (TPSA) is 252 Å². The molecule has 6 amide bonds. The minimum Gasteiger partial charge on any atom is -0.371 e. The molecule has 0 saturated carbocycles. The lowest BCUT2D eigenvalue weighted by Crippen LogP contribution is -2.33. The average Bonchev–Trinajstić information content (AvgIpc) is 3.50. The molecular formula is C49H46Cl3F9N14O6. The van der Waals surface area contributed by atoms with E-state index in [1.54, 1.807) is 54.6 Å². The molecule has 0 aliphatic carbocycles. The highest BCUT2D eigenvalue weighted by molar-refractivity contribution is 6.34. The first-order chi connectivity index (χ1) is 38.5. The molecule has 20 nitrogen and oxygen atoms in total. The van der Waals surface area contributed by atoms with Gasteiger partial charge >= 0.3 is 36.6 Å². The number of nitrogens with zero attached hydrogens (tertiary/aromatic N) is 5. The summed E-state index contributed by atoms with van der Waals surface area (Å²) in [5.74, 6) is -2.57. The Bertz CT molecular complexity index is 2760. The van der Waals surface area contributed by atoms with Gasteiger partial charge in [0.2, 0.25) is 11.6 Å².